The normalized spacial score (nSPS) is 24.6. The molecule has 3 unspecified atom stereocenters. The van der Waals surface area contributed by atoms with Gasteiger partial charge in [-0.2, -0.15) is 0 Å². The van der Waals surface area contributed by atoms with Crippen molar-refractivity contribution in [1.29, 1.82) is 0 Å². The zero-order chi connectivity index (χ0) is 13.7. The van der Waals surface area contributed by atoms with Gasteiger partial charge in [0.2, 0.25) is 0 Å². The van der Waals surface area contributed by atoms with Gasteiger partial charge in [-0.1, -0.05) is 6.92 Å². The molecule has 0 radical (unpaired) electrons. The quantitative estimate of drug-likeness (QED) is 0.772. The van der Waals surface area contributed by atoms with Crippen LogP contribution in [0.1, 0.15) is 32.6 Å². The highest BCUT2D eigenvalue weighted by molar-refractivity contribution is 5.82. The monoisotopic (exact) mass is 258 g/mol. The highest BCUT2D eigenvalue weighted by Gasteiger charge is 2.29. The second-order valence-corrected chi connectivity index (χ2v) is 4.69. The lowest BCUT2D eigenvalue weighted by Crippen LogP contribution is -2.49. The Bertz CT molecular complexity index is 308. The molecule has 0 saturated heterocycles. The predicted octanol–water partition coefficient (Wildman–Crippen LogP) is 1.06. The summed E-state index contributed by atoms with van der Waals surface area (Å²) in [6.45, 7) is 1.75. The van der Waals surface area contributed by atoms with Gasteiger partial charge < -0.3 is 20.1 Å². The summed E-state index contributed by atoms with van der Waals surface area (Å²) >= 11 is 0. The average Bonchev–Trinajstić information content (AvgIpc) is 2.77. The van der Waals surface area contributed by atoms with Crippen LogP contribution >= 0.6 is 0 Å². The number of nitrogens with zero attached hydrogens (tertiary/aromatic N) is 1. The van der Waals surface area contributed by atoms with Crippen molar-refractivity contribution in [2.45, 2.75) is 50.8 Å². The molecule has 0 heterocycles. The minimum atomic E-state index is -0.976. The van der Waals surface area contributed by atoms with Crippen molar-refractivity contribution in [2.24, 2.45) is 0 Å². The van der Waals surface area contributed by atoms with Gasteiger partial charge in [0, 0.05) is 20.2 Å². The van der Waals surface area contributed by atoms with Crippen LogP contribution in [0.4, 0.5) is 4.79 Å². The van der Waals surface area contributed by atoms with Gasteiger partial charge in [0.25, 0.3) is 0 Å². The molecule has 0 bridgehead atoms. The predicted molar refractivity (Wildman–Crippen MR) is 66.4 cm³/mol. The zero-order valence-electron chi connectivity index (χ0n) is 11.2. The molecule has 2 amide bonds. The summed E-state index contributed by atoms with van der Waals surface area (Å²) in [7, 11) is 3.18. The molecule has 1 saturated carbocycles. The van der Waals surface area contributed by atoms with E-state index >= 15 is 0 Å². The van der Waals surface area contributed by atoms with E-state index in [-0.39, 0.29) is 18.2 Å². The summed E-state index contributed by atoms with van der Waals surface area (Å²) in [6, 6.07) is -1.02. The molecule has 1 fully saturated rings. The van der Waals surface area contributed by atoms with Crippen molar-refractivity contribution < 1.29 is 19.4 Å². The largest absolute Gasteiger partial charge is 0.480 e. The van der Waals surface area contributed by atoms with Crippen LogP contribution in [0.25, 0.3) is 0 Å². The summed E-state index contributed by atoms with van der Waals surface area (Å²) in [6.07, 6.45) is 3.19. The fourth-order valence-electron chi connectivity index (χ4n) is 2.32. The van der Waals surface area contributed by atoms with E-state index in [1.807, 2.05) is 0 Å². The summed E-state index contributed by atoms with van der Waals surface area (Å²) in [4.78, 5) is 24.1. The lowest BCUT2D eigenvalue weighted by molar-refractivity contribution is -0.141. The van der Waals surface area contributed by atoms with E-state index in [1.165, 1.54) is 11.9 Å². The lowest BCUT2D eigenvalue weighted by Gasteiger charge is -2.25. The minimum absolute atomic E-state index is 0.0798. The number of urea groups is 1. The van der Waals surface area contributed by atoms with E-state index in [1.54, 1.807) is 14.0 Å². The Balaban J connectivity index is 2.47. The van der Waals surface area contributed by atoms with Crippen molar-refractivity contribution in [3.8, 4) is 0 Å². The fraction of sp³-hybridized carbons (Fsp3) is 0.833. The maximum atomic E-state index is 11.9. The number of carboxylic acids is 1. The minimum Gasteiger partial charge on any atom is -0.480 e. The highest BCUT2D eigenvalue weighted by atomic mass is 16.5. The van der Waals surface area contributed by atoms with Gasteiger partial charge >= 0.3 is 12.0 Å². The van der Waals surface area contributed by atoms with Gasteiger partial charge in [0.05, 0.1) is 6.10 Å². The van der Waals surface area contributed by atoms with E-state index in [0.29, 0.717) is 6.42 Å². The molecular formula is C12H22N2O4. The SMILES string of the molecule is CCC(C(=O)O)N(C)C(=O)NC1CCC(OC)C1. The van der Waals surface area contributed by atoms with Crippen LogP contribution in [0.2, 0.25) is 0 Å². The van der Waals surface area contributed by atoms with Gasteiger partial charge in [0.15, 0.2) is 0 Å². The molecule has 0 aromatic carbocycles. The third kappa shape index (κ3) is 3.60. The van der Waals surface area contributed by atoms with Crippen LogP contribution in [-0.4, -0.2) is 54.4 Å². The Morgan fingerprint density at radius 2 is 2.17 bits per heavy atom. The molecular weight excluding hydrogens is 236 g/mol. The van der Waals surface area contributed by atoms with Gasteiger partial charge in [-0.05, 0) is 25.7 Å². The first kappa shape index (κ1) is 14.8. The number of ether oxygens (including phenoxy) is 1. The number of methoxy groups -OCH3 is 1. The Hall–Kier alpha value is -1.30. The van der Waals surface area contributed by atoms with Crippen molar-refractivity contribution in [1.82, 2.24) is 10.2 Å². The van der Waals surface area contributed by atoms with Crippen LogP contribution in [-0.2, 0) is 9.53 Å². The second-order valence-electron chi connectivity index (χ2n) is 4.69. The first-order valence-corrected chi connectivity index (χ1v) is 6.28. The van der Waals surface area contributed by atoms with E-state index in [0.717, 1.165) is 19.3 Å². The standard InChI is InChI=1S/C12H22N2O4/c1-4-10(11(15)16)14(2)12(17)13-8-5-6-9(7-8)18-3/h8-10H,4-7H2,1-3H3,(H,13,17)(H,15,16). The molecule has 0 aromatic heterocycles. The van der Waals surface area contributed by atoms with Gasteiger partial charge in [-0.15, -0.1) is 0 Å². The number of hydrogen-bond donors (Lipinski definition) is 2. The van der Waals surface area contributed by atoms with Crippen LogP contribution in [0.15, 0.2) is 0 Å². The Labute approximate surface area is 107 Å². The molecule has 0 aliphatic heterocycles. The molecule has 104 valence electrons. The number of aliphatic carboxylic acids is 1. The Kier molecular flexibility index (Phi) is 5.40. The molecule has 0 aromatic rings. The van der Waals surface area contributed by atoms with Crippen molar-refractivity contribution >= 4 is 12.0 Å². The summed E-state index contributed by atoms with van der Waals surface area (Å²) in [5.74, 6) is -0.976. The number of carbonyl (C=O) groups excluding carboxylic acids is 1. The van der Waals surface area contributed by atoms with Crippen LogP contribution < -0.4 is 5.32 Å². The number of rotatable bonds is 5. The van der Waals surface area contributed by atoms with E-state index < -0.39 is 12.0 Å². The molecule has 3 atom stereocenters. The van der Waals surface area contributed by atoms with Crippen LogP contribution in [0, 0.1) is 0 Å². The molecule has 1 aliphatic carbocycles. The number of likely N-dealkylation sites (N-methyl/N-ethyl adjacent to an activating group) is 1. The van der Waals surface area contributed by atoms with Gasteiger partial charge in [0.1, 0.15) is 6.04 Å². The molecule has 1 rings (SSSR count). The van der Waals surface area contributed by atoms with Crippen LogP contribution in [0.3, 0.4) is 0 Å². The second kappa shape index (κ2) is 6.58. The maximum Gasteiger partial charge on any atom is 0.326 e. The topological polar surface area (TPSA) is 78.9 Å². The van der Waals surface area contributed by atoms with Crippen LogP contribution in [0.5, 0.6) is 0 Å². The molecule has 6 nitrogen and oxygen atoms in total. The first-order chi connectivity index (χ1) is 8.49. The number of carboxylic acid groups (broad SMARTS) is 1. The molecule has 0 spiro atoms. The fourth-order valence-corrected chi connectivity index (χ4v) is 2.32. The van der Waals surface area contributed by atoms with Gasteiger partial charge in [-0.3, -0.25) is 0 Å². The number of amides is 2. The van der Waals surface area contributed by atoms with Crippen molar-refractivity contribution in [3.63, 3.8) is 0 Å². The Morgan fingerprint density at radius 1 is 1.50 bits per heavy atom. The molecule has 18 heavy (non-hydrogen) atoms. The first-order valence-electron chi connectivity index (χ1n) is 6.28. The third-order valence-corrected chi connectivity index (χ3v) is 3.51. The highest BCUT2D eigenvalue weighted by Crippen LogP contribution is 2.21. The third-order valence-electron chi connectivity index (χ3n) is 3.51. The Morgan fingerprint density at radius 3 is 2.61 bits per heavy atom. The summed E-state index contributed by atoms with van der Waals surface area (Å²) < 4.78 is 5.23. The molecule has 2 N–H and O–H groups in total. The molecule has 6 heteroatoms. The summed E-state index contributed by atoms with van der Waals surface area (Å²) in [5, 5.41) is 11.8. The van der Waals surface area contributed by atoms with E-state index in [4.69, 9.17) is 9.84 Å². The van der Waals surface area contributed by atoms with E-state index in [2.05, 4.69) is 5.32 Å². The molecule has 1 aliphatic rings. The van der Waals surface area contributed by atoms with Crippen molar-refractivity contribution in [3.05, 3.63) is 0 Å². The number of hydrogen-bond acceptors (Lipinski definition) is 3. The van der Waals surface area contributed by atoms with Crippen molar-refractivity contribution in [2.75, 3.05) is 14.2 Å². The maximum absolute atomic E-state index is 11.9. The smallest absolute Gasteiger partial charge is 0.326 e. The number of nitrogens with one attached hydrogen (secondary N) is 1. The van der Waals surface area contributed by atoms with Gasteiger partial charge in [-0.25, -0.2) is 9.59 Å². The number of carbonyl (C=O) groups is 2. The van der Waals surface area contributed by atoms with E-state index in [9.17, 15) is 9.59 Å². The summed E-state index contributed by atoms with van der Waals surface area (Å²) in [5.41, 5.74) is 0. The lowest BCUT2D eigenvalue weighted by atomic mass is 10.2. The average molecular weight is 258 g/mol. The zero-order valence-corrected chi connectivity index (χ0v) is 11.2.